The Morgan fingerprint density at radius 1 is 1.24 bits per heavy atom. The van der Waals surface area contributed by atoms with Crippen molar-refractivity contribution in [1.29, 1.82) is 0 Å². The van der Waals surface area contributed by atoms with Crippen LogP contribution in [0.2, 0.25) is 0 Å². The Hall–Kier alpha value is -2.56. The van der Waals surface area contributed by atoms with Crippen LogP contribution in [0.1, 0.15) is 26.3 Å². The lowest BCUT2D eigenvalue weighted by atomic mass is 9.93. The molecule has 0 radical (unpaired) electrons. The SMILES string of the molecule is C[n+]1ccc(-c2cccc3c2C[C@H](NC(=O)OC(C)(C)C)CO3)cc1. The Morgan fingerprint density at radius 2 is 1.96 bits per heavy atom. The van der Waals surface area contributed by atoms with Crippen molar-refractivity contribution in [1.82, 2.24) is 5.32 Å². The zero-order valence-electron chi connectivity index (χ0n) is 15.2. The number of carbonyl (C=O) groups excluding carboxylic acids is 1. The molecule has 1 aromatic heterocycles. The molecule has 0 fully saturated rings. The first-order valence-electron chi connectivity index (χ1n) is 8.52. The zero-order valence-corrected chi connectivity index (χ0v) is 15.2. The average molecular weight is 341 g/mol. The summed E-state index contributed by atoms with van der Waals surface area (Å²) in [5.41, 5.74) is 2.87. The van der Waals surface area contributed by atoms with E-state index < -0.39 is 11.7 Å². The van der Waals surface area contributed by atoms with E-state index in [4.69, 9.17) is 9.47 Å². The Bertz CT molecular complexity index is 764. The maximum Gasteiger partial charge on any atom is 0.408 e. The van der Waals surface area contributed by atoms with Crippen LogP contribution in [0.25, 0.3) is 11.1 Å². The molecule has 1 atom stereocenters. The summed E-state index contributed by atoms with van der Waals surface area (Å²) >= 11 is 0. The first kappa shape index (κ1) is 17.3. The van der Waals surface area contributed by atoms with Gasteiger partial charge < -0.3 is 14.8 Å². The summed E-state index contributed by atoms with van der Waals surface area (Å²) in [6.45, 7) is 6.01. The molecule has 1 aliphatic rings. The second kappa shape index (κ2) is 6.75. The molecule has 1 aliphatic heterocycles. The fourth-order valence-electron chi connectivity index (χ4n) is 2.93. The monoisotopic (exact) mass is 341 g/mol. The number of hydrogen-bond acceptors (Lipinski definition) is 3. The number of amides is 1. The molecule has 0 bridgehead atoms. The molecule has 1 amide bonds. The minimum Gasteiger partial charge on any atom is -0.491 e. The number of fused-ring (bicyclic) bond motifs is 1. The minimum atomic E-state index is -0.512. The summed E-state index contributed by atoms with van der Waals surface area (Å²) < 4.78 is 13.2. The van der Waals surface area contributed by atoms with Gasteiger partial charge in [-0.2, -0.15) is 0 Å². The summed E-state index contributed by atoms with van der Waals surface area (Å²) in [6, 6.07) is 10.1. The summed E-state index contributed by atoms with van der Waals surface area (Å²) in [5.74, 6) is 0.882. The highest BCUT2D eigenvalue weighted by Gasteiger charge is 2.26. The van der Waals surface area contributed by atoms with E-state index in [0.717, 1.165) is 22.4 Å². The number of hydrogen-bond donors (Lipinski definition) is 1. The number of nitrogens with one attached hydrogen (secondary N) is 1. The molecule has 0 spiro atoms. The summed E-state index contributed by atoms with van der Waals surface area (Å²) in [7, 11) is 1.99. The van der Waals surface area contributed by atoms with Crippen molar-refractivity contribution in [3.05, 3.63) is 48.3 Å². The average Bonchev–Trinajstić information content (AvgIpc) is 2.53. The van der Waals surface area contributed by atoms with Crippen molar-refractivity contribution in [3.8, 4) is 16.9 Å². The quantitative estimate of drug-likeness (QED) is 0.855. The van der Waals surface area contributed by atoms with Gasteiger partial charge in [0.05, 0.1) is 6.04 Å². The topological polar surface area (TPSA) is 51.4 Å². The van der Waals surface area contributed by atoms with E-state index in [1.165, 1.54) is 0 Å². The van der Waals surface area contributed by atoms with Gasteiger partial charge in [-0.25, -0.2) is 9.36 Å². The normalized spacial score (nSPS) is 16.6. The van der Waals surface area contributed by atoms with Crippen LogP contribution in [0.3, 0.4) is 0 Å². The van der Waals surface area contributed by atoms with Crippen LogP contribution in [-0.4, -0.2) is 24.3 Å². The first-order chi connectivity index (χ1) is 11.8. The van der Waals surface area contributed by atoms with Crippen molar-refractivity contribution >= 4 is 6.09 Å². The fraction of sp³-hybridized carbons (Fsp3) is 0.400. The van der Waals surface area contributed by atoms with Crippen LogP contribution < -0.4 is 14.6 Å². The smallest absolute Gasteiger partial charge is 0.408 e. The number of pyridine rings is 1. The number of aryl methyl sites for hydroxylation is 1. The molecule has 0 saturated heterocycles. The number of benzene rings is 1. The molecule has 2 heterocycles. The molecule has 25 heavy (non-hydrogen) atoms. The van der Waals surface area contributed by atoms with Gasteiger partial charge >= 0.3 is 6.09 Å². The lowest BCUT2D eigenvalue weighted by Gasteiger charge is -2.29. The number of aromatic nitrogens is 1. The van der Waals surface area contributed by atoms with Gasteiger partial charge in [0.2, 0.25) is 0 Å². The van der Waals surface area contributed by atoms with E-state index in [2.05, 4.69) is 23.5 Å². The van der Waals surface area contributed by atoms with E-state index in [9.17, 15) is 4.79 Å². The third kappa shape index (κ3) is 4.29. The summed E-state index contributed by atoms with van der Waals surface area (Å²) in [4.78, 5) is 12.0. The first-order valence-corrected chi connectivity index (χ1v) is 8.52. The van der Waals surface area contributed by atoms with Crippen molar-refractivity contribution < 1.29 is 18.8 Å². The molecule has 1 N–H and O–H groups in total. The van der Waals surface area contributed by atoms with Crippen molar-refractivity contribution in [2.75, 3.05) is 6.61 Å². The van der Waals surface area contributed by atoms with Crippen LogP contribution in [0, 0.1) is 0 Å². The predicted octanol–water partition coefficient (Wildman–Crippen LogP) is 3.01. The fourth-order valence-corrected chi connectivity index (χ4v) is 2.93. The highest BCUT2D eigenvalue weighted by atomic mass is 16.6. The Labute approximate surface area is 148 Å². The van der Waals surface area contributed by atoms with Crippen LogP contribution in [0.15, 0.2) is 42.7 Å². The number of rotatable bonds is 2. The van der Waals surface area contributed by atoms with E-state index in [0.29, 0.717) is 13.0 Å². The van der Waals surface area contributed by atoms with Crippen molar-refractivity contribution in [2.45, 2.75) is 38.8 Å². The molecule has 132 valence electrons. The molecule has 1 aromatic carbocycles. The number of nitrogens with zero attached hydrogens (tertiary/aromatic N) is 1. The van der Waals surface area contributed by atoms with E-state index in [-0.39, 0.29) is 6.04 Å². The van der Waals surface area contributed by atoms with Crippen molar-refractivity contribution in [3.63, 3.8) is 0 Å². The zero-order chi connectivity index (χ0) is 18.0. The third-order valence-electron chi connectivity index (χ3n) is 4.03. The molecule has 3 rings (SSSR count). The number of carbonyl (C=O) groups is 1. The van der Waals surface area contributed by atoms with Gasteiger partial charge in [0, 0.05) is 24.1 Å². The van der Waals surface area contributed by atoms with Gasteiger partial charge in [0.25, 0.3) is 0 Å². The van der Waals surface area contributed by atoms with E-state index in [1.807, 2.05) is 56.9 Å². The Morgan fingerprint density at radius 3 is 2.64 bits per heavy atom. The number of ether oxygens (including phenoxy) is 2. The number of alkyl carbamates (subject to hydrolysis) is 1. The van der Waals surface area contributed by atoms with Crippen LogP contribution in [0.5, 0.6) is 5.75 Å². The van der Waals surface area contributed by atoms with E-state index in [1.54, 1.807) is 0 Å². The molecular weight excluding hydrogens is 316 g/mol. The van der Waals surface area contributed by atoms with Crippen LogP contribution in [0.4, 0.5) is 4.79 Å². The van der Waals surface area contributed by atoms with Crippen LogP contribution >= 0.6 is 0 Å². The van der Waals surface area contributed by atoms with Crippen LogP contribution in [-0.2, 0) is 18.2 Å². The van der Waals surface area contributed by atoms with Gasteiger partial charge in [0.15, 0.2) is 12.4 Å². The lowest BCUT2D eigenvalue weighted by Crippen LogP contribution is -2.45. The summed E-state index contributed by atoms with van der Waals surface area (Å²) in [6.07, 6.45) is 4.35. The predicted molar refractivity (Wildman–Crippen MR) is 95.4 cm³/mol. The van der Waals surface area contributed by atoms with Gasteiger partial charge in [-0.1, -0.05) is 12.1 Å². The maximum absolute atomic E-state index is 12.0. The van der Waals surface area contributed by atoms with Crippen molar-refractivity contribution in [2.24, 2.45) is 7.05 Å². The van der Waals surface area contributed by atoms with Gasteiger partial charge in [-0.3, -0.25) is 0 Å². The highest BCUT2D eigenvalue weighted by Crippen LogP contribution is 2.34. The minimum absolute atomic E-state index is 0.108. The molecule has 0 aliphatic carbocycles. The molecular formula is C20H25N2O3+. The largest absolute Gasteiger partial charge is 0.491 e. The maximum atomic E-state index is 12.0. The third-order valence-corrected chi connectivity index (χ3v) is 4.03. The summed E-state index contributed by atoms with van der Waals surface area (Å²) in [5, 5.41) is 2.91. The Kier molecular flexibility index (Phi) is 4.66. The standard InChI is InChI=1S/C20H24N2O3/c1-20(2,3)25-19(23)21-15-12-17-16(6-5-7-18(17)24-13-15)14-8-10-22(4)11-9-14/h5-11,15H,12-13H2,1-4H3/p+1/t15-/m0/s1. The second-order valence-electron chi connectivity index (χ2n) is 7.39. The molecule has 0 saturated carbocycles. The second-order valence-corrected chi connectivity index (χ2v) is 7.39. The molecule has 5 heteroatoms. The molecule has 2 aromatic rings. The van der Waals surface area contributed by atoms with Gasteiger partial charge in [-0.05, 0) is 38.0 Å². The molecule has 0 unspecified atom stereocenters. The Balaban J connectivity index is 1.80. The molecule has 5 nitrogen and oxygen atoms in total. The lowest BCUT2D eigenvalue weighted by molar-refractivity contribution is -0.671. The van der Waals surface area contributed by atoms with Gasteiger partial charge in [0.1, 0.15) is 25.0 Å². The van der Waals surface area contributed by atoms with Gasteiger partial charge in [-0.15, -0.1) is 0 Å². The highest BCUT2D eigenvalue weighted by molar-refractivity contribution is 5.71. The van der Waals surface area contributed by atoms with E-state index >= 15 is 0 Å².